The Hall–Kier alpha value is -2.50. The smallest absolute Gasteiger partial charge is 0.347 e. The highest BCUT2D eigenvalue weighted by Crippen LogP contribution is 2.29. The van der Waals surface area contributed by atoms with E-state index in [-0.39, 0.29) is 0 Å². The summed E-state index contributed by atoms with van der Waals surface area (Å²) in [5, 5.41) is 1.78. The maximum Gasteiger partial charge on any atom is 0.347 e. The molecule has 0 aliphatic heterocycles. The van der Waals surface area contributed by atoms with Crippen LogP contribution in [-0.2, 0) is 9.53 Å². The lowest BCUT2D eigenvalue weighted by Crippen LogP contribution is -2.25. The van der Waals surface area contributed by atoms with Crippen LogP contribution in [-0.4, -0.2) is 23.7 Å². The minimum absolute atomic E-state index is 0.315. The summed E-state index contributed by atoms with van der Waals surface area (Å²) in [5.41, 5.74) is 0.685. The van der Waals surface area contributed by atoms with Crippen LogP contribution in [0.2, 0.25) is 10.0 Å². The molecule has 140 valence electrons. The van der Waals surface area contributed by atoms with E-state index in [2.05, 4.69) is 4.98 Å². The van der Waals surface area contributed by atoms with Gasteiger partial charge in [-0.3, -0.25) is 0 Å². The van der Waals surface area contributed by atoms with Crippen molar-refractivity contribution in [3.8, 4) is 17.4 Å². The van der Waals surface area contributed by atoms with Crippen LogP contribution in [0.3, 0.4) is 0 Å². The molecule has 0 aliphatic rings. The molecule has 0 N–H and O–H groups in total. The SMILES string of the molecule is CCOC(=O)C(C)Oc1ccc(Oc2ccc3cc(Cl)c(Cl)cc3n2)cc1. The third kappa shape index (κ3) is 4.81. The number of carbonyl (C=O) groups excluding carboxylic acids is 1. The third-order valence-corrected chi connectivity index (χ3v) is 4.41. The molecule has 1 atom stereocenters. The molecule has 1 aromatic heterocycles. The summed E-state index contributed by atoms with van der Waals surface area (Å²) in [4.78, 5) is 16.0. The first-order chi connectivity index (χ1) is 13.0. The van der Waals surface area contributed by atoms with Gasteiger partial charge in [-0.05, 0) is 56.3 Å². The van der Waals surface area contributed by atoms with Gasteiger partial charge in [0.15, 0.2) is 6.10 Å². The van der Waals surface area contributed by atoms with Crippen molar-refractivity contribution in [2.24, 2.45) is 0 Å². The summed E-state index contributed by atoms with van der Waals surface area (Å²) >= 11 is 12.1. The van der Waals surface area contributed by atoms with Crippen LogP contribution in [0, 0.1) is 0 Å². The standard InChI is InChI=1S/C20H17Cl2NO4/c1-3-25-20(24)12(2)26-14-5-7-15(8-6-14)27-19-9-4-13-10-16(21)17(22)11-18(13)23-19/h4-12H,3H2,1-2H3. The first-order valence-corrected chi connectivity index (χ1v) is 9.09. The topological polar surface area (TPSA) is 57.7 Å². The molecule has 7 heteroatoms. The Labute approximate surface area is 166 Å². The van der Waals surface area contributed by atoms with Gasteiger partial charge < -0.3 is 14.2 Å². The molecule has 3 aromatic rings. The Kier molecular flexibility index (Phi) is 6.04. The van der Waals surface area contributed by atoms with Gasteiger partial charge in [0.1, 0.15) is 11.5 Å². The van der Waals surface area contributed by atoms with Gasteiger partial charge in [-0.25, -0.2) is 9.78 Å². The predicted octanol–water partition coefficient (Wildman–Crippen LogP) is 5.66. The maximum absolute atomic E-state index is 11.6. The number of hydrogen-bond acceptors (Lipinski definition) is 5. The number of halogens is 2. The van der Waals surface area contributed by atoms with Crippen LogP contribution >= 0.6 is 23.2 Å². The van der Waals surface area contributed by atoms with Crippen molar-refractivity contribution in [1.29, 1.82) is 0 Å². The maximum atomic E-state index is 11.6. The van der Waals surface area contributed by atoms with Crippen molar-refractivity contribution in [2.75, 3.05) is 6.61 Å². The first-order valence-electron chi connectivity index (χ1n) is 8.33. The minimum atomic E-state index is -0.685. The fraction of sp³-hybridized carbons (Fsp3) is 0.200. The Bertz CT molecular complexity index is 960. The van der Waals surface area contributed by atoms with Gasteiger partial charge in [0.05, 0.1) is 22.2 Å². The monoisotopic (exact) mass is 405 g/mol. The predicted molar refractivity (Wildman–Crippen MR) is 105 cm³/mol. The van der Waals surface area contributed by atoms with E-state index in [0.717, 1.165) is 5.39 Å². The average Bonchev–Trinajstić information content (AvgIpc) is 2.64. The normalized spacial score (nSPS) is 11.9. The van der Waals surface area contributed by atoms with E-state index in [1.54, 1.807) is 56.3 Å². The zero-order valence-corrected chi connectivity index (χ0v) is 16.3. The van der Waals surface area contributed by atoms with E-state index in [1.165, 1.54) is 0 Å². The van der Waals surface area contributed by atoms with Crippen LogP contribution in [0.15, 0.2) is 48.5 Å². The van der Waals surface area contributed by atoms with E-state index >= 15 is 0 Å². The molecule has 2 aromatic carbocycles. The summed E-state index contributed by atoms with van der Waals surface area (Å²) in [6, 6.07) is 13.9. The number of esters is 1. The highest BCUT2D eigenvalue weighted by Gasteiger charge is 2.15. The molecule has 5 nitrogen and oxygen atoms in total. The Morgan fingerprint density at radius 3 is 2.41 bits per heavy atom. The Morgan fingerprint density at radius 1 is 1.04 bits per heavy atom. The van der Waals surface area contributed by atoms with Crippen molar-refractivity contribution >= 4 is 40.1 Å². The molecule has 0 spiro atoms. The lowest BCUT2D eigenvalue weighted by molar-refractivity contribution is -0.150. The third-order valence-electron chi connectivity index (χ3n) is 3.68. The number of pyridine rings is 1. The number of ether oxygens (including phenoxy) is 3. The van der Waals surface area contributed by atoms with Crippen LogP contribution in [0.25, 0.3) is 10.9 Å². The van der Waals surface area contributed by atoms with Gasteiger partial charge in [0.25, 0.3) is 0 Å². The Balaban J connectivity index is 1.70. The molecule has 0 radical (unpaired) electrons. The van der Waals surface area contributed by atoms with E-state index in [0.29, 0.717) is 39.5 Å². The minimum Gasteiger partial charge on any atom is -0.479 e. The first kappa shape index (κ1) is 19.3. The second-order valence-electron chi connectivity index (χ2n) is 5.69. The largest absolute Gasteiger partial charge is 0.479 e. The number of hydrogen-bond donors (Lipinski definition) is 0. The molecule has 0 fully saturated rings. The molecule has 0 aliphatic carbocycles. The molecule has 1 unspecified atom stereocenters. The van der Waals surface area contributed by atoms with Crippen LogP contribution in [0.4, 0.5) is 0 Å². The molecule has 0 saturated heterocycles. The quantitative estimate of drug-likeness (QED) is 0.494. The van der Waals surface area contributed by atoms with Crippen molar-refractivity contribution < 1.29 is 19.0 Å². The summed E-state index contributed by atoms with van der Waals surface area (Å²) in [6.07, 6.45) is -0.685. The number of fused-ring (bicyclic) bond motifs is 1. The van der Waals surface area contributed by atoms with Gasteiger partial charge >= 0.3 is 5.97 Å². The summed E-state index contributed by atoms with van der Waals surface area (Å²) in [5.74, 6) is 1.14. The average molecular weight is 406 g/mol. The van der Waals surface area contributed by atoms with Crippen LogP contribution in [0.5, 0.6) is 17.4 Å². The van der Waals surface area contributed by atoms with Gasteiger partial charge in [0.2, 0.25) is 5.88 Å². The van der Waals surface area contributed by atoms with Gasteiger partial charge in [-0.2, -0.15) is 0 Å². The fourth-order valence-corrected chi connectivity index (χ4v) is 2.70. The van der Waals surface area contributed by atoms with E-state index in [4.69, 9.17) is 37.4 Å². The number of carbonyl (C=O) groups is 1. The van der Waals surface area contributed by atoms with Crippen LogP contribution in [0.1, 0.15) is 13.8 Å². The zero-order chi connectivity index (χ0) is 19.4. The molecule has 3 rings (SSSR count). The lowest BCUT2D eigenvalue weighted by atomic mass is 10.2. The number of benzene rings is 2. The van der Waals surface area contributed by atoms with Gasteiger partial charge in [0, 0.05) is 11.5 Å². The lowest BCUT2D eigenvalue weighted by Gasteiger charge is -2.13. The second kappa shape index (κ2) is 8.46. The molecule has 0 amide bonds. The molecular weight excluding hydrogens is 389 g/mol. The second-order valence-corrected chi connectivity index (χ2v) is 6.51. The van der Waals surface area contributed by atoms with Gasteiger partial charge in [-0.1, -0.05) is 23.2 Å². The molecule has 0 bridgehead atoms. The molecule has 1 heterocycles. The highest BCUT2D eigenvalue weighted by molar-refractivity contribution is 6.42. The molecule has 0 saturated carbocycles. The van der Waals surface area contributed by atoms with E-state index in [9.17, 15) is 4.79 Å². The Morgan fingerprint density at radius 2 is 1.70 bits per heavy atom. The van der Waals surface area contributed by atoms with Crippen molar-refractivity contribution in [2.45, 2.75) is 20.0 Å². The number of aromatic nitrogens is 1. The molecular formula is C20H17Cl2NO4. The van der Waals surface area contributed by atoms with E-state index < -0.39 is 12.1 Å². The fourth-order valence-electron chi connectivity index (χ4n) is 2.37. The number of rotatable bonds is 6. The zero-order valence-electron chi connectivity index (χ0n) is 14.7. The van der Waals surface area contributed by atoms with Gasteiger partial charge in [-0.15, -0.1) is 0 Å². The number of nitrogens with zero attached hydrogens (tertiary/aromatic N) is 1. The van der Waals surface area contributed by atoms with Crippen LogP contribution < -0.4 is 9.47 Å². The highest BCUT2D eigenvalue weighted by atomic mass is 35.5. The molecule has 27 heavy (non-hydrogen) atoms. The van der Waals surface area contributed by atoms with Crippen molar-refractivity contribution in [3.05, 3.63) is 58.6 Å². The summed E-state index contributed by atoms with van der Waals surface area (Å²) in [6.45, 7) is 3.70. The van der Waals surface area contributed by atoms with Crippen molar-refractivity contribution in [1.82, 2.24) is 4.98 Å². The summed E-state index contributed by atoms with van der Waals surface area (Å²) < 4.78 is 16.2. The van der Waals surface area contributed by atoms with Crippen molar-refractivity contribution in [3.63, 3.8) is 0 Å². The van der Waals surface area contributed by atoms with E-state index in [1.807, 2.05) is 6.07 Å². The summed E-state index contributed by atoms with van der Waals surface area (Å²) in [7, 11) is 0.